The molecule has 1 atom stereocenters. The van der Waals surface area contributed by atoms with Crippen molar-refractivity contribution in [3.05, 3.63) is 12.7 Å². The zero-order chi connectivity index (χ0) is 16.6. The van der Waals surface area contributed by atoms with Crippen molar-refractivity contribution in [2.75, 3.05) is 6.61 Å². The summed E-state index contributed by atoms with van der Waals surface area (Å²) < 4.78 is 10.3. The minimum atomic E-state index is -0.210. The fourth-order valence-corrected chi connectivity index (χ4v) is 2.07. The van der Waals surface area contributed by atoms with E-state index in [9.17, 15) is 9.59 Å². The van der Waals surface area contributed by atoms with Crippen molar-refractivity contribution in [3.63, 3.8) is 0 Å². The Bertz CT molecular complexity index is 312. The van der Waals surface area contributed by atoms with E-state index in [1.807, 2.05) is 6.92 Å². The zero-order valence-electron chi connectivity index (χ0n) is 14.3. The van der Waals surface area contributed by atoms with Crippen molar-refractivity contribution >= 4 is 11.9 Å². The lowest BCUT2D eigenvalue weighted by atomic mass is 10.2. The highest BCUT2D eigenvalue weighted by Gasteiger charge is 2.09. The molecule has 0 N–H and O–H groups in total. The van der Waals surface area contributed by atoms with Crippen LogP contribution in [0, 0.1) is 0 Å². The monoisotopic (exact) mass is 312 g/mol. The second-order valence-electron chi connectivity index (χ2n) is 5.67. The number of carbonyl (C=O) groups excluding carboxylic acids is 2. The van der Waals surface area contributed by atoms with Gasteiger partial charge in [-0.3, -0.25) is 9.59 Å². The van der Waals surface area contributed by atoms with Gasteiger partial charge in [-0.15, -0.1) is 6.58 Å². The third-order valence-corrected chi connectivity index (χ3v) is 3.35. The van der Waals surface area contributed by atoms with Gasteiger partial charge < -0.3 is 9.47 Å². The largest absolute Gasteiger partial charge is 0.466 e. The van der Waals surface area contributed by atoms with Crippen LogP contribution in [-0.4, -0.2) is 24.6 Å². The van der Waals surface area contributed by atoms with Crippen LogP contribution in [0.5, 0.6) is 0 Å². The van der Waals surface area contributed by atoms with Crippen LogP contribution >= 0.6 is 0 Å². The van der Waals surface area contributed by atoms with Crippen LogP contribution in [0.3, 0.4) is 0 Å². The summed E-state index contributed by atoms with van der Waals surface area (Å²) in [5.74, 6) is -0.373. The molecule has 0 aliphatic heterocycles. The number of carbonyl (C=O) groups is 2. The molecule has 0 aliphatic carbocycles. The average Bonchev–Trinajstić information content (AvgIpc) is 2.47. The Hall–Kier alpha value is -1.32. The third-order valence-electron chi connectivity index (χ3n) is 3.35. The molecule has 22 heavy (non-hydrogen) atoms. The summed E-state index contributed by atoms with van der Waals surface area (Å²) in [6.45, 7) is 8.14. The van der Waals surface area contributed by atoms with Gasteiger partial charge in [-0.1, -0.05) is 38.7 Å². The molecule has 0 amide bonds. The van der Waals surface area contributed by atoms with Crippen LogP contribution in [0.25, 0.3) is 0 Å². The van der Waals surface area contributed by atoms with E-state index in [1.165, 1.54) is 19.3 Å². The molecular weight excluding hydrogens is 280 g/mol. The molecule has 1 unspecified atom stereocenters. The Morgan fingerprint density at radius 3 is 2.27 bits per heavy atom. The van der Waals surface area contributed by atoms with E-state index in [-0.39, 0.29) is 18.0 Å². The zero-order valence-corrected chi connectivity index (χ0v) is 14.3. The number of ether oxygens (including phenoxy) is 2. The third kappa shape index (κ3) is 13.7. The van der Waals surface area contributed by atoms with Gasteiger partial charge in [0.15, 0.2) is 0 Å². The molecule has 0 bridgehead atoms. The smallest absolute Gasteiger partial charge is 0.306 e. The summed E-state index contributed by atoms with van der Waals surface area (Å²) in [7, 11) is 0. The van der Waals surface area contributed by atoms with Gasteiger partial charge in [0.1, 0.15) is 6.10 Å². The van der Waals surface area contributed by atoms with Crippen molar-refractivity contribution in [1.82, 2.24) is 0 Å². The molecule has 0 rings (SSSR count). The van der Waals surface area contributed by atoms with E-state index >= 15 is 0 Å². The maximum atomic E-state index is 11.5. The summed E-state index contributed by atoms with van der Waals surface area (Å²) in [6, 6.07) is 0. The molecule has 0 heterocycles. The minimum Gasteiger partial charge on any atom is -0.466 e. The normalized spacial score (nSPS) is 11.7. The van der Waals surface area contributed by atoms with Crippen LogP contribution in [-0.2, 0) is 19.1 Å². The van der Waals surface area contributed by atoms with Crippen molar-refractivity contribution in [1.29, 1.82) is 0 Å². The summed E-state index contributed by atoms with van der Waals surface area (Å²) in [6.07, 6.45) is 10.1. The predicted octanol–water partition coefficient (Wildman–Crippen LogP) is 4.57. The lowest BCUT2D eigenvalue weighted by Crippen LogP contribution is -2.14. The molecule has 0 aromatic rings. The Morgan fingerprint density at radius 2 is 1.64 bits per heavy atom. The molecule has 0 aromatic heterocycles. The van der Waals surface area contributed by atoms with E-state index in [0.29, 0.717) is 38.7 Å². The molecule has 0 fully saturated rings. The Labute approximate surface area is 135 Å². The maximum Gasteiger partial charge on any atom is 0.306 e. The Morgan fingerprint density at radius 1 is 1.00 bits per heavy atom. The van der Waals surface area contributed by atoms with E-state index in [4.69, 9.17) is 9.47 Å². The highest BCUT2D eigenvalue weighted by Crippen LogP contribution is 2.07. The van der Waals surface area contributed by atoms with Gasteiger partial charge in [0.2, 0.25) is 0 Å². The molecule has 4 heteroatoms. The van der Waals surface area contributed by atoms with Gasteiger partial charge in [-0.05, 0) is 26.2 Å². The van der Waals surface area contributed by atoms with E-state index in [2.05, 4.69) is 13.5 Å². The summed E-state index contributed by atoms with van der Waals surface area (Å²) in [4.78, 5) is 23.0. The summed E-state index contributed by atoms with van der Waals surface area (Å²) in [5, 5.41) is 0. The van der Waals surface area contributed by atoms with E-state index in [0.717, 1.165) is 12.8 Å². The van der Waals surface area contributed by atoms with Crippen molar-refractivity contribution in [3.8, 4) is 0 Å². The fraction of sp³-hybridized carbons (Fsp3) is 0.778. The molecule has 4 nitrogen and oxygen atoms in total. The number of rotatable bonds is 14. The quantitative estimate of drug-likeness (QED) is 0.268. The lowest BCUT2D eigenvalue weighted by Gasteiger charge is -2.10. The van der Waals surface area contributed by atoms with Crippen molar-refractivity contribution in [2.24, 2.45) is 0 Å². The van der Waals surface area contributed by atoms with Crippen molar-refractivity contribution < 1.29 is 19.1 Å². The molecule has 0 saturated carbocycles. The average molecular weight is 312 g/mol. The highest BCUT2D eigenvalue weighted by molar-refractivity contribution is 5.70. The number of hydrogen-bond donors (Lipinski definition) is 0. The van der Waals surface area contributed by atoms with Crippen LogP contribution in [0.1, 0.15) is 78.1 Å². The van der Waals surface area contributed by atoms with Gasteiger partial charge in [-0.25, -0.2) is 0 Å². The van der Waals surface area contributed by atoms with E-state index in [1.54, 1.807) is 6.08 Å². The maximum absolute atomic E-state index is 11.5. The van der Waals surface area contributed by atoms with Crippen LogP contribution in [0.15, 0.2) is 12.7 Å². The number of unbranched alkanes of at least 4 members (excludes halogenated alkanes) is 5. The van der Waals surface area contributed by atoms with Gasteiger partial charge >= 0.3 is 11.9 Å². The predicted molar refractivity (Wildman–Crippen MR) is 88.6 cm³/mol. The molecule has 0 radical (unpaired) electrons. The first-order valence-electron chi connectivity index (χ1n) is 8.56. The second-order valence-corrected chi connectivity index (χ2v) is 5.67. The molecule has 0 aliphatic rings. The first-order valence-corrected chi connectivity index (χ1v) is 8.56. The lowest BCUT2D eigenvalue weighted by molar-refractivity contribution is -0.149. The fourth-order valence-electron chi connectivity index (χ4n) is 2.07. The minimum absolute atomic E-state index is 0.123. The molecule has 0 saturated heterocycles. The van der Waals surface area contributed by atoms with Crippen LogP contribution in [0.2, 0.25) is 0 Å². The van der Waals surface area contributed by atoms with Gasteiger partial charge in [-0.2, -0.15) is 0 Å². The second kappa shape index (κ2) is 14.6. The van der Waals surface area contributed by atoms with Crippen LogP contribution < -0.4 is 0 Å². The molecular formula is C18H32O4. The molecule has 128 valence electrons. The standard InChI is InChI=1S/C18H32O4/c1-4-6-7-8-11-15-21-17(19)13-9-10-14-18(20)22-16(3)12-5-2/h5,16H,2,4,6-15H2,1,3H3. The number of hydrogen-bond acceptors (Lipinski definition) is 4. The first kappa shape index (κ1) is 20.7. The Kier molecular flexibility index (Phi) is 13.7. The topological polar surface area (TPSA) is 52.6 Å². The highest BCUT2D eigenvalue weighted by atomic mass is 16.5. The van der Waals surface area contributed by atoms with Gasteiger partial charge in [0, 0.05) is 19.3 Å². The summed E-state index contributed by atoms with van der Waals surface area (Å²) >= 11 is 0. The molecule has 0 aromatic carbocycles. The molecule has 0 spiro atoms. The van der Waals surface area contributed by atoms with Crippen LogP contribution in [0.4, 0.5) is 0 Å². The first-order chi connectivity index (χ1) is 10.6. The number of esters is 2. The van der Waals surface area contributed by atoms with E-state index < -0.39 is 0 Å². The van der Waals surface area contributed by atoms with Crippen molar-refractivity contribution in [2.45, 2.75) is 84.2 Å². The van der Waals surface area contributed by atoms with Gasteiger partial charge in [0.05, 0.1) is 6.61 Å². The van der Waals surface area contributed by atoms with Gasteiger partial charge in [0.25, 0.3) is 0 Å². The Balaban J connectivity index is 3.44. The SMILES string of the molecule is C=CCC(C)OC(=O)CCCCC(=O)OCCCCCCC. The summed E-state index contributed by atoms with van der Waals surface area (Å²) in [5.41, 5.74) is 0.